The second kappa shape index (κ2) is 16.0. The Balaban J connectivity index is 2.93. The number of H-pyrrole nitrogens is 1. The first kappa shape index (κ1) is 29.3. The largest absolute Gasteiger partial charge is 0.480 e. The van der Waals surface area contributed by atoms with Gasteiger partial charge < -0.3 is 49.0 Å². The third kappa shape index (κ3) is 12.4. The van der Waals surface area contributed by atoms with Crippen LogP contribution in [0.15, 0.2) is 17.5 Å². The van der Waals surface area contributed by atoms with Gasteiger partial charge in [0.05, 0.1) is 12.4 Å². The van der Waals surface area contributed by atoms with Crippen LogP contribution in [0.25, 0.3) is 0 Å². The molecule has 0 saturated heterocycles. The molecule has 0 aliphatic rings. The van der Waals surface area contributed by atoms with Crippen LogP contribution in [0.5, 0.6) is 0 Å². The molecule has 3 atom stereocenters. The Labute approximate surface area is 202 Å². The molecule has 0 fully saturated rings. The van der Waals surface area contributed by atoms with E-state index in [1.165, 1.54) is 12.5 Å². The van der Waals surface area contributed by atoms with Crippen molar-refractivity contribution in [3.05, 3.63) is 18.2 Å². The quantitative estimate of drug-likeness (QED) is 0.0586. The summed E-state index contributed by atoms with van der Waals surface area (Å²) in [5.41, 5.74) is 22.6. The third-order valence-electron chi connectivity index (χ3n) is 4.91. The number of carboxylic acids is 1. The van der Waals surface area contributed by atoms with Gasteiger partial charge in [-0.3, -0.25) is 24.2 Å². The highest BCUT2D eigenvalue weighted by atomic mass is 16.4. The highest BCUT2D eigenvalue weighted by Crippen LogP contribution is 2.05. The molecular weight excluding hydrogens is 460 g/mol. The average molecular weight is 497 g/mol. The maximum absolute atomic E-state index is 13.1. The van der Waals surface area contributed by atoms with Gasteiger partial charge in [-0.15, -0.1) is 0 Å². The van der Waals surface area contributed by atoms with Gasteiger partial charge in [0.25, 0.3) is 0 Å². The first-order valence-electron chi connectivity index (χ1n) is 11.2. The highest BCUT2D eigenvalue weighted by Gasteiger charge is 2.28. The molecule has 15 heteroatoms. The molecule has 15 nitrogen and oxygen atoms in total. The number of carbonyl (C=O) groups excluding carboxylic acids is 3. The summed E-state index contributed by atoms with van der Waals surface area (Å²) in [6.45, 7) is 0.0809. The zero-order valence-corrected chi connectivity index (χ0v) is 19.5. The Morgan fingerprint density at radius 3 is 2.34 bits per heavy atom. The number of rotatable bonds is 17. The third-order valence-corrected chi connectivity index (χ3v) is 4.91. The Morgan fingerprint density at radius 2 is 1.74 bits per heavy atom. The Kier molecular flexibility index (Phi) is 13.4. The smallest absolute Gasteiger partial charge is 0.322 e. The first-order chi connectivity index (χ1) is 16.6. The van der Waals surface area contributed by atoms with Crippen LogP contribution in [-0.4, -0.2) is 82.5 Å². The van der Waals surface area contributed by atoms with E-state index in [4.69, 9.17) is 28.0 Å². The van der Waals surface area contributed by atoms with Crippen LogP contribution in [0.1, 0.15) is 37.8 Å². The fraction of sp³-hybridized carbons (Fsp3) is 0.600. The van der Waals surface area contributed by atoms with Crippen LogP contribution in [0, 0.1) is 0 Å². The number of nitrogens with zero attached hydrogens (tertiary/aromatic N) is 2. The van der Waals surface area contributed by atoms with Gasteiger partial charge >= 0.3 is 5.97 Å². The predicted octanol–water partition coefficient (Wildman–Crippen LogP) is -3.37. The van der Waals surface area contributed by atoms with Crippen molar-refractivity contribution in [3.8, 4) is 0 Å². The monoisotopic (exact) mass is 496 g/mol. The van der Waals surface area contributed by atoms with Crippen LogP contribution < -0.4 is 38.9 Å². The molecule has 1 heterocycles. The number of aromatic amines is 1. The summed E-state index contributed by atoms with van der Waals surface area (Å²) >= 11 is 0. The number of nitrogens with two attached hydrogens (primary N) is 4. The Bertz CT molecular complexity index is 841. The number of aromatic nitrogens is 2. The van der Waals surface area contributed by atoms with Gasteiger partial charge in [-0.25, -0.2) is 4.98 Å². The predicted molar refractivity (Wildman–Crippen MR) is 128 cm³/mol. The zero-order valence-electron chi connectivity index (χ0n) is 19.5. The van der Waals surface area contributed by atoms with E-state index in [0.717, 1.165) is 0 Å². The molecule has 0 aromatic carbocycles. The zero-order chi connectivity index (χ0) is 26.2. The van der Waals surface area contributed by atoms with Gasteiger partial charge in [-0.2, -0.15) is 0 Å². The molecule has 0 aliphatic heterocycles. The lowest BCUT2D eigenvalue weighted by Crippen LogP contribution is -2.56. The number of amides is 3. The summed E-state index contributed by atoms with van der Waals surface area (Å²) in [6.07, 6.45) is 5.18. The molecule has 13 N–H and O–H groups in total. The number of unbranched alkanes of at least 4 members (excludes halogenated alkanes) is 1. The lowest BCUT2D eigenvalue weighted by molar-refractivity contribution is -0.138. The van der Waals surface area contributed by atoms with Crippen molar-refractivity contribution in [2.45, 2.75) is 56.7 Å². The molecular formula is C20H36N10O5. The lowest BCUT2D eigenvalue weighted by Gasteiger charge is -2.24. The summed E-state index contributed by atoms with van der Waals surface area (Å²) in [6, 6.07) is -3.00. The highest BCUT2D eigenvalue weighted by molar-refractivity contribution is 5.93. The van der Waals surface area contributed by atoms with Gasteiger partial charge in [0.2, 0.25) is 17.7 Å². The van der Waals surface area contributed by atoms with Gasteiger partial charge in [0, 0.05) is 24.9 Å². The SMILES string of the molecule is NCCCCC(N)C(=O)NC(CCCN=C(N)N)C(=O)NC(Cc1cnc[nH]1)C(=O)NCC(=O)O. The molecule has 3 amide bonds. The van der Waals surface area contributed by atoms with Crippen LogP contribution in [0.3, 0.4) is 0 Å². The van der Waals surface area contributed by atoms with Gasteiger partial charge in [-0.05, 0) is 32.2 Å². The molecule has 196 valence electrons. The van der Waals surface area contributed by atoms with E-state index in [-0.39, 0.29) is 25.3 Å². The van der Waals surface area contributed by atoms with Crippen molar-refractivity contribution in [1.82, 2.24) is 25.9 Å². The standard InChI is InChI=1S/C20H36N10O5/c21-6-2-1-4-13(22)17(33)29-14(5-3-7-26-20(23)24)19(35)30-15(8-12-9-25-11-28-12)18(34)27-10-16(31)32/h9,11,13-15H,1-8,10,21-22H2,(H,25,28)(H,27,34)(H,29,33)(H,30,35)(H,31,32)(H4,23,24,26). The number of nitrogens with one attached hydrogen (secondary N) is 4. The van der Waals surface area contributed by atoms with E-state index in [9.17, 15) is 19.2 Å². The van der Waals surface area contributed by atoms with E-state index in [1.807, 2.05) is 0 Å². The molecule has 0 bridgehead atoms. The van der Waals surface area contributed by atoms with Gasteiger partial charge in [-0.1, -0.05) is 6.42 Å². The normalized spacial score (nSPS) is 13.2. The summed E-state index contributed by atoms with van der Waals surface area (Å²) < 4.78 is 0. The first-order valence-corrected chi connectivity index (χ1v) is 11.2. The number of aliphatic carboxylic acids is 1. The van der Waals surface area contributed by atoms with Crippen molar-refractivity contribution in [3.63, 3.8) is 0 Å². The molecule has 0 radical (unpaired) electrons. The average Bonchev–Trinajstić information content (AvgIpc) is 3.31. The Hall–Kier alpha value is -3.72. The van der Waals surface area contributed by atoms with E-state index in [0.29, 0.717) is 37.9 Å². The van der Waals surface area contributed by atoms with Crippen LogP contribution in [0.2, 0.25) is 0 Å². The second-order valence-electron chi connectivity index (χ2n) is 7.85. The molecule has 3 unspecified atom stereocenters. The molecule has 1 rings (SSSR count). The molecule has 1 aromatic rings. The number of carboxylic acid groups (broad SMARTS) is 1. The topological polar surface area (TPSA) is 270 Å². The maximum Gasteiger partial charge on any atom is 0.322 e. The Morgan fingerprint density at radius 1 is 1.03 bits per heavy atom. The minimum Gasteiger partial charge on any atom is -0.480 e. The molecule has 0 saturated carbocycles. The van der Waals surface area contributed by atoms with E-state index >= 15 is 0 Å². The molecule has 35 heavy (non-hydrogen) atoms. The van der Waals surface area contributed by atoms with Gasteiger partial charge in [0.15, 0.2) is 5.96 Å². The minimum atomic E-state index is -1.24. The summed E-state index contributed by atoms with van der Waals surface area (Å²) in [5.74, 6) is -3.22. The van der Waals surface area contributed by atoms with Crippen molar-refractivity contribution in [1.29, 1.82) is 0 Å². The minimum absolute atomic E-state index is 0.0183. The van der Waals surface area contributed by atoms with Crippen molar-refractivity contribution >= 4 is 29.7 Å². The molecule has 0 aliphatic carbocycles. The van der Waals surface area contributed by atoms with E-state index in [2.05, 4.69) is 30.9 Å². The number of hydrogen-bond donors (Lipinski definition) is 9. The van der Waals surface area contributed by atoms with Crippen LogP contribution in [0.4, 0.5) is 0 Å². The summed E-state index contributed by atoms with van der Waals surface area (Å²) in [4.78, 5) is 59.6. The van der Waals surface area contributed by atoms with Crippen LogP contribution in [-0.2, 0) is 25.6 Å². The number of guanidine groups is 1. The number of hydrogen-bond acceptors (Lipinski definition) is 8. The van der Waals surface area contributed by atoms with Crippen molar-refractivity contribution < 1.29 is 24.3 Å². The van der Waals surface area contributed by atoms with E-state index in [1.54, 1.807) is 0 Å². The van der Waals surface area contributed by atoms with E-state index < -0.39 is 48.4 Å². The fourth-order valence-corrected chi connectivity index (χ4v) is 3.07. The number of aliphatic imine (C=N–C) groups is 1. The summed E-state index contributed by atoms with van der Waals surface area (Å²) in [7, 11) is 0. The maximum atomic E-state index is 13.1. The van der Waals surface area contributed by atoms with Crippen molar-refractivity contribution in [2.75, 3.05) is 19.6 Å². The summed E-state index contributed by atoms with van der Waals surface area (Å²) in [5, 5.41) is 16.3. The number of carbonyl (C=O) groups is 4. The van der Waals surface area contributed by atoms with Crippen LogP contribution >= 0.6 is 0 Å². The molecule has 0 spiro atoms. The van der Waals surface area contributed by atoms with Gasteiger partial charge in [0.1, 0.15) is 18.6 Å². The fourth-order valence-electron chi connectivity index (χ4n) is 3.07. The second-order valence-corrected chi connectivity index (χ2v) is 7.85. The number of imidazole rings is 1. The lowest BCUT2D eigenvalue weighted by atomic mass is 10.1. The molecule has 1 aromatic heterocycles. The van der Waals surface area contributed by atoms with Crippen molar-refractivity contribution in [2.24, 2.45) is 27.9 Å².